The van der Waals surface area contributed by atoms with E-state index < -0.39 is 0 Å². The molecule has 0 atom stereocenters. The second kappa shape index (κ2) is 7.07. The first-order valence-corrected chi connectivity index (χ1v) is 7.31. The van der Waals surface area contributed by atoms with Crippen LogP contribution in [0.25, 0.3) is 0 Å². The van der Waals surface area contributed by atoms with E-state index in [1.54, 1.807) is 12.3 Å². The predicted molar refractivity (Wildman–Crippen MR) is 84.9 cm³/mol. The third-order valence-corrected chi connectivity index (χ3v) is 3.76. The molecule has 1 heterocycles. The Balaban J connectivity index is 1.91. The van der Waals surface area contributed by atoms with Crippen LogP contribution < -0.4 is 10.7 Å². The van der Waals surface area contributed by atoms with Gasteiger partial charge in [0.1, 0.15) is 0 Å². The van der Waals surface area contributed by atoms with E-state index in [1.807, 2.05) is 37.3 Å². The molecule has 0 aliphatic rings. The van der Waals surface area contributed by atoms with Crippen molar-refractivity contribution in [1.29, 1.82) is 0 Å². The van der Waals surface area contributed by atoms with Gasteiger partial charge in [-0.25, -0.2) is 10.2 Å². The second-order valence-electron chi connectivity index (χ2n) is 3.98. The summed E-state index contributed by atoms with van der Waals surface area (Å²) in [6.07, 6.45) is 2.41. The summed E-state index contributed by atoms with van der Waals surface area (Å²) in [7, 11) is 0. The fourth-order valence-corrected chi connectivity index (χ4v) is 2.59. The second-order valence-corrected chi connectivity index (χ2v) is 5.72. The Hall–Kier alpha value is -1.85. The van der Waals surface area contributed by atoms with Crippen LogP contribution in [0.15, 0.2) is 41.5 Å². The number of amides is 2. The quantitative estimate of drug-likeness (QED) is 0.648. The van der Waals surface area contributed by atoms with Gasteiger partial charge in [-0.3, -0.25) is 0 Å². The van der Waals surface area contributed by atoms with Gasteiger partial charge >= 0.3 is 6.03 Å². The van der Waals surface area contributed by atoms with E-state index >= 15 is 0 Å². The third kappa shape index (κ3) is 4.08. The van der Waals surface area contributed by atoms with Gasteiger partial charge in [-0.1, -0.05) is 36.7 Å². The number of carbonyl (C=O) groups is 1. The van der Waals surface area contributed by atoms with Crippen LogP contribution in [0.3, 0.4) is 0 Å². The van der Waals surface area contributed by atoms with Crippen LogP contribution in [0.2, 0.25) is 4.34 Å². The largest absolute Gasteiger partial charge is 0.339 e. The lowest BCUT2D eigenvalue weighted by Crippen LogP contribution is -2.24. The molecule has 104 valence electrons. The summed E-state index contributed by atoms with van der Waals surface area (Å²) in [5, 5.41) is 6.64. The number of urea groups is 1. The summed E-state index contributed by atoms with van der Waals surface area (Å²) in [6.45, 7) is 2.04. The van der Waals surface area contributed by atoms with E-state index in [0.29, 0.717) is 4.34 Å². The standard InChI is InChI=1S/C14H14ClN3OS/c1-2-10-5-3-4-6-12(10)17-14(19)18-16-9-11-7-8-13(15)20-11/h3-9H,2H2,1H3,(H2,17,18,19)/b16-9+. The van der Waals surface area contributed by atoms with Crippen LogP contribution in [0.4, 0.5) is 10.5 Å². The van der Waals surface area contributed by atoms with Crippen LogP contribution in [-0.4, -0.2) is 12.2 Å². The predicted octanol–water partition coefficient (Wildman–Crippen LogP) is 4.12. The summed E-state index contributed by atoms with van der Waals surface area (Å²) in [6, 6.07) is 10.9. The molecule has 2 rings (SSSR count). The number of halogens is 1. The van der Waals surface area contributed by atoms with Crippen LogP contribution >= 0.6 is 22.9 Å². The van der Waals surface area contributed by atoms with E-state index in [0.717, 1.165) is 22.5 Å². The van der Waals surface area contributed by atoms with Crippen molar-refractivity contribution in [3.63, 3.8) is 0 Å². The first kappa shape index (κ1) is 14.6. The number of hydrogen-bond acceptors (Lipinski definition) is 3. The Labute approximate surface area is 126 Å². The highest BCUT2D eigenvalue weighted by atomic mass is 35.5. The molecule has 0 aliphatic carbocycles. The molecule has 0 aliphatic heterocycles. The zero-order chi connectivity index (χ0) is 14.4. The minimum atomic E-state index is -0.371. The third-order valence-electron chi connectivity index (χ3n) is 2.60. The van der Waals surface area contributed by atoms with Gasteiger partial charge < -0.3 is 5.32 Å². The van der Waals surface area contributed by atoms with E-state index in [1.165, 1.54) is 11.3 Å². The molecule has 4 nitrogen and oxygen atoms in total. The zero-order valence-corrected chi connectivity index (χ0v) is 12.5. The number of hydrogen-bond donors (Lipinski definition) is 2. The Kier molecular flexibility index (Phi) is 5.15. The van der Waals surface area contributed by atoms with E-state index in [9.17, 15) is 4.79 Å². The summed E-state index contributed by atoms with van der Waals surface area (Å²) in [4.78, 5) is 12.6. The molecule has 0 unspecified atom stereocenters. The molecule has 2 amide bonds. The number of hydrazone groups is 1. The van der Waals surface area contributed by atoms with Gasteiger partial charge in [0, 0.05) is 10.6 Å². The number of nitrogens with zero attached hydrogens (tertiary/aromatic N) is 1. The van der Waals surface area contributed by atoms with Gasteiger partial charge in [0.2, 0.25) is 0 Å². The zero-order valence-electron chi connectivity index (χ0n) is 10.9. The van der Waals surface area contributed by atoms with Crippen molar-refractivity contribution in [3.8, 4) is 0 Å². The highest BCUT2D eigenvalue weighted by molar-refractivity contribution is 7.17. The number of benzene rings is 1. The van der Waals surface area contributed by atoms with Crippen molar-refractivity contribution in [3.05, 3.63) is 51.2 Å². The van der Waals surface area contributed by atoms with Gasteiger partial charge in [0.25, 0.3) is 0 Å². The molecule has 0 saturated carbocycles. The van der Waals surface area contributed by atoms with Crippen LogP contribution in [0, 0.1) is 0 Å². The molecule has 1 aromatic carbocycles. The lowest BCUT2D eigenvalue weighted by atomic mass is 10.1. The molecule has 0 radical (unpaired) electrons. The average Bonchev–Trinajstić information content (AvgIpc) is 2.85. The molecule has 1 aromatic heterocycles. The minimum absolute atomic E-state index is 0.371. The highest BCUT2D eigenvalue weighted by Gasteiger charge is 2.03. The molecule has 0 bridgehead atoms. The maximum atomic E-state index is 11.7. The fraction of sp³-hybridized carbons (Fsp3) is 0.143. The van der Waals surface area contributed by atoms with Gasteiger partial charge in [-0.15, -0.1) is 11.3 Å². The average molecular weight is 308 g/mol. The Bertz CT molecular complexity index is 624. The van der Waals surface area contributed by atoms with Gasteiger partial charge in [0.15, 0.2) is 0 Å². The summed E-state index contributed by atoms with van der Waals surface area (Å²) in [5.74, 6) is 0. The maximum Gasteiger partial charge on any atom is 0.339 e. The topological polar surface area (TPSA) is 53.5 Å². The van der Waals surface area contributed by atoms with Crippen molar-refractivity contribution < 1.29 is 4.79 Å². The monoisotopic (exact) mass is 307 g/mol. The lowest BCUT2D eigenvalue weighted by Gasteiger charge is -2.08. The van der Waals surface area contributed by atoms with Crippen molar-refractivity contribution in [2.75, 3.05) is 5.32 Å². The van der Waals surface area contributed by atoms with Gasteiger partial charge in [0.05, 0.1) is 10.6 Å². The van der Waals surface area contributed by atoms with Gasteiger partial charge in [-0.05, 0) is 30.2 Å². The first-order chi connectivity index (χ1) is 9.69. The highest BCUT2D eigenvalue weighted by Crippen LogP contribution is 2.19. The first-order valence-electron chi connectivity index (χ1n) is 6.12. The maximum absolute atomic E-state index is 11.7. The van der Waals surface area contributed by atoms with Crippen molar-refractivity contribution >= 4 is 40.9 Å². The molecular weight excluding hydrogens is 294 g/mol. The number of thiophene rings is 1. The molecule has 0 spiro atoms. The molecule has 0 fully saturated rings. The van der Waals surface area contributed by atoms with E-state index in [4.69, 9.17) is 11.6 Å². The Morgan fingerprint density at radius 2 is 2.15 bits per heavy atom. The normalized spacial score (nSPS) is 10.7. The summed E-state index contributed by atoms with van der Waals surface area (Å²) >= 11 is 7.19. The van der Waals surface area contributed by atoms with E-state index in [2.05, 4.69) is 15.8 Å². The molecule has 0 saturated heterocycles. The van der Waals surface area contributed by atoms with Crippen LogP contribution in [-0.2, 0) is 6.42 Å². The molecule has 6 heteroatoms. The number of aryl methyl sites for hydroxylation is 1. The molecule has 20 heavy (non-hydrogen) atoms. The number of carbonyl (C=O) groups excluding carboxylic acids is 1. The van der Waals surface area contributed by atoms with Crippen LogP contribution in [0.5, 0.6) is 0 Å². The fourth-order valence-electron chi connectivity index (χ4n) is 1.65. The summed E-state index contributed by atoms with van der Waals surface area (Å²) < 4.78 is 0.688. The van der Waals surface area contributed by atoms with Crippen molar-refractivity contribution in [2.45, 2.75) is 13.3 Å². The minimum Gasteiger partial charge on any atom is -0.306 e. The molecule has 2 N–H and O–H groups in total. The molecule has 2 aromatic rings. The number of rotatable bonds is 4. The smallest absolute Gasteiger partial charge is 0.306 e. The van der Waals surface area contributed by atoms with Crippen LogP contribution in [0.1, 0.15) is 17.4 Å². The number of anilines is 1. The number of nitrogens with one attached hydrogen (secondary N) is 2. The Morgan fingerprint density at radius 3 is 2.85 bits per heavy atom. The Morgan fingerprint density at radius 1 is 1.35 bits per heavy atom. The van der Waals surface area contributed by atoms with Crippen molar-refractivity contribution in [1.82, 2.24) is 5.43 Å². The SMILES string of the molecule is CCc1ccccc1NC(=O)N/N=C/c1ccc(Cl)s1. The van der Waals surface area contributed by atoms with Gasteiger partial charge in [-0.2, -0.15) is 5.10 Å². The summed E-state index contributed by atoms with van der Waals surface area (Å²) in [5.41, 5.74) is 4.30. The van der Waals surface area contributed by atoms with E-state index in [-0.39, 0.29) is 6.03 Å². The van der Waals surface area contributed by atoms with Crippen molar-refractivity contribution in [2.24, 2.45) is 5.10 Å². The number of para-hydroxylation sites is 1. The lowest BCUT2D eigenvalue weighted by molar-refractivity contribution is 0.252. The molecular formula is C14H14ClN3OS.